The van der Waals surface area contributed by atoms with Gasteiger partial charge in [0.1, 0.15) is 0 Å². The van der Waals surface area contributed by atoms with Crippen LogP contribution in [0.2, 0.25) is 0 Å². The van der Waals surface area contributed by atoms with Crippen LogP contribution in [0.3, 0.4) is 0 Å². The van der Waals surface area contributed by atoms with Gasteiger partial charge in [0.2, 0.25) is 0 Å². The van der Waals surface area contributed by atoms with E-state index < -0.39 is 0 Å². The van der Waals surface area contributed by atoms with Gasteiger partial charge >= 0.3 is 0 Å². The van der Waals surface area contributed by atoms with E-state index in [1.807, 2.05) is 18.3 Å². The zero-order valence-electron chi connectivity index (χ0n) is 10.5. The van der Waals surface area contributed by atoms with E-state index in [2.05, 4.69) is 30.1 Å². The lowest BCUT2D eigenvalue weighted by Crippen LogP contribution is -2.24. The molecule has 17 heavy (non-hydrogen) atoms. The van der Waals surface area contributed by atoms with E-state index in [0.29, 0.717) is 12.2 Å². The molecule has 0 saturated heterocycles. The summed E-state index contributed by atoms with van der Waals surface area (Å²) in [6, 6.07) is 6.09. The van der Waals surface area contributed by atoms with Gasteiger partial charge in [-0.05, 0) is 37.8 Å². The van der Waals surface area contributed by atoms with Crippen molar-refractivity contribution in [2.75, 3.05) is 0 Å². The number of ether oxygens (including phenoxy) is 1. The Labute approximate surface area is 104 Å². The molecule has 2 heterocycles. The third kappa shape index (κ3) is 3.97. The lowest BCUT2D eigenvalue weighted by molar-refractivity contribution is -0.00215. The molecular formula is C15H21NO. The Morgan fingerprint density at radius 1 is 1.35 bits per heavy atom. The van der Waals surface area contributed by atoms with Crippen molar-refractivity contribution in [1.29, 1.82) is 0 Å². The Kier molecular flexibility index (Phi) is 4.75. The minimum absolute atomic E-state index is 0.336. The average Bonchev–Trinajstić information content (AvgIpc) is 2.39. The molecule has 2 atom stereocenters. The fraction of sp³-hybridized carbons (Fsp3) is 0.533. The minimum atomic E-state index is 0.336. The quantitative estimate of drug-likeness (QED) is 0.723. The fourth-order valence-electron chi connectivity index (χ4n) is 2.22. The number of rotatable bonds is 5. The topological polar surface area (TPSA) is 22.1 Å². The summed E-state index contributed by atoms with van der Waals surface area (Å²) in [5.74, 6) is 0. The number of hydrogen-bond acceptors (Lipinski definition) is 2. The maximum Gasteiger partial charge on any atom is 0.0759 e. The van der Waals surface area contributed by atoms with Gasteiger partial charge in [0.25, 0.3) is 0 Å². The van der Waals surface area contributed by atoms with Crippen LogP contribution in [0.1, 0.15) is 38.3 Å². The maximum absolute atomic E-state index is 6.03. The van der Waals surface area contributed by atoms with Crippen LogP contribution in [-0.2, 0) is 11.2 Å². The summed E-state index contributed by atoms with van der Waals surface area (Å²) in [6.45, 7) is 2.20. The van der Waals surface area contributed by atoms with Crippen LogP contribution >= 0.6 is 0 Å². The Balaban J connectivity index is 1.78. The molecule has 2 heteroatoms. The standard InChI is InChI=1S/C15H21NO/c1-2-6-14-8-5-9-15(17-14)11-10-13-7-3-4-12-16-13/h3-5,7-8,12,14-15H,2,6,9-11H2,1H3. The Morgan fingerprint density at radius 2 is 2.29 bits per heavy atom. The van der Waals surface area contributed by atoms with Gasteiger partial charge in [-0.3, -0.25) is 4.98 Å². The van der Waals surface area contributed by atoms with Crippen LogP contribution in [0.25, 0.3) is 0 Å². The largest absolute Gasteiger partial charge is 0.371 e. The van der Waals surface area contributed by atoms with E-state index in [1.165, 1.54) is 6.42 Å². The molecule has 1 aromatic heterocycles. The van der Waals surface area contributed by atoms with Crippen molar-refractivity contribution < 1.29 is 4.74 Å². The number of hydrogen-bond donors (Lipinski definition) is 0. The molecule has 0 aliphatic carbocycles. The first kappa shape index (κ1) is 12.3. The molecular weight excluding hydrogens is 210 g/mol. The Hall–Kier alpha value is -1.15. The van der Waals surface area contributed by atoms with Crippen LogP contribution in [0.4, 0.5) is 0 Å². The zero-order chi connectivity index (χ0) is 11.9. The van der Waals surface area contributed by atoms with Crippen LogP contribution in [0.15, 0.2) is 36.5 Å². The van der Waals surface area contributed by atoms with Gasteiger partial charge in [0.05, 0.1) is 12.2 Å². The molecule has 0 amide bonds. The summed E-state index contributed by atoms with van der Waals surface area (Å²) in [6.07, 6.45) is 12.5. The van der Waals surface area contributed by atoms with Crippen molar-refractivity contribution in [2.45, 2.75) is 51.2 Å². The number of aromatic nitrogens is 1. The van der Waals surface area contributed by atoms with E-state index >= 15 is 0 Å². The first-order valence-corrected chi connectivity index (χ1v) is 6.60. The van der Waals surface area contributed by atoms with Crippen molar-refractivity contribution in [3.05, 3.63) is 42.2 Å². The van der Waals surface area contributed by atoms with Crippen LogP contribution in [0, 0.1) is 0 Å². The SMILES string of the molecule is CCCC1C=CCC(CCc2ccccn2)O1. The van der Waals surface area contributed by atoms with E-state index in [4.69, 9.17) is 4.74 Å². The van der Waals surface area contributed by atoms with Crippen molar-refractivity contribution in [1.82, 2.24) is 4.98 Å². The van der Waals surface area contributed by atoms with E-state index in [0.717, 1.165) is 31.4 Å². The van der Waals surface area contributed by atoms with Gasteiger partial charge in [0.15, 0.2) is 0 Å². The Bertz CT molecular complexity index is 347. The molecule has 2 unspecified atom stereocenters. The number of aryl methyl sites for hydroxylation is 1. The highest BCUT2D eigenvalue weighted by molar-refractivity contribution is 5.04. The second-order valence-electron chi connectivity index (χ2n) is 4.61. The molecule has 0 aromatic carbocycles. The van der Waals surface area contributed by atoms with Crippen molar-refractivity contribution >= 4 is 0 Å². The summed E-state index contributed by atoms with van der Waals surface area (Å²) in [4.78, 5) is 4.34. The van der Waals surface area contributed by atoms with Gasteiger partial charge in [-0.15, -0.1) is 0 Å². The minimum Gasteiger partial charge on any atom is -0.371 e. The summed E-state index contributed by atoms with van der Waals surface area (Å²) in [7, 11) is 0. The number of pyridine rings is 1. The highest BCUT2D eigenvalue weighted by Crippen LogP contribution is 2.19. The highest BCUT2D eigenvalue weighted by atomic mass is 16.5. The Morgan fingerprint density at radius 3 is 3.06 bits per heavy atom. The summed E-state index contributed by atoms with van der Waals surface area (Å²) in [5, 5.41) is 0. The molecule has 0 saturated carbocycles. The molecule has 2 rings (SSSR count). The fourth-order valence-corrected chi connectivity index (χ4v) is 2.22. The zero-order valence-corrected chi connectivity index (χ0v) is 10.5. The van der Waals surface area contributed by atoms with E-state index in [1.54, 1.807) is 0 Å². The predicted molar refractivity (Wildman–Crippen MR) is 69.9 cm³/mol. The van der Waals surface area contributed by atoms with Gasteiger partial charge < -0.3 is 4.74 Å². The van der Waals surface area contributed by atoms with Crippen molar-refractivity contribution in [3.63, 3.8) is 0 Å². The molecule has 1 aliphatic heterocycles. The third-order valence-corrected chi connectivity index (χ3v) is 3.14. The van der Waals surface area contributed by atoms with E-state index in [-0.39, 0.29) is 0 Å². The molecule has 0 fully saturated rings. The molecule has 0 spiro atoms. The lowest BCUT2D eigenvalue weighted by atomic mass is 10.0. The second kappa shape index (κ2) is 6.55. The number of nitrogens with zero attached hydrogens (tertiary/aromatic N) is 1. The first-order chi connectivity index (χ1) is 8.38. The maximum atomic E-state index is 6.03. The summed E-state index contributed by atoms with van der Waals surface area (Å²) in [5.41, 5.74) is 1.16. The van der Waals surface area contributed by atoms with Crippen molar-refractivity contribution in [2.24, 2.45) is 0 Å². The third-order valence-electron chi connectivity index (χ3n) is 3.14. The van der Waals surface area contributed by atoms with Crippen LogP contribution < -0.4 is 0 Å². The van der Waals surface area contributed by atoms with Gasteiger partial charge in [0, 0.05) is 11.9 Å². The van der Waals surface area contributed by atoms with Gasteiger partial charge in [-0.1, -0.05) is 31.6 Å². The lowest BCUT2D eigenvalue weighted by Gasteiger charge is -2.25. The van der Waals surface area contributed by atoms with Gasteiger partial charge in [-0.25, -0.2) is 0 Å². The van der Waals surface area contributed by atoms with Crippen molar-refractivity contribution in [3.8, 4) is 0 Å². The van der Waals surface area contributed by atoms with Crippen LogP contribution in [-0.4, -0.2) is 17.2 Å². The average molecular weight is 231 g/mol. The molecule has 0 bridgehead atoms. The monoisotopic (exact) mass is 231 g/mol. The van der Waals surface area contributed by atoms with Crippen LogP contribution in [0.5, 0.6) is 0 Å². The van der Waals surface area contributed by atoms with E-state index in [9.17, 15) is 0 Å². The van der Waals surface area contributed by atoms with Gasteiger partial charge in [-0.2, -0.15) is 0 Å². The first-order valence-electron chi connectivity index (χ1n) is 6.60. The smallest absolute Gasteiger partial charge is 0.0759 e. The molecule has 1 aromatic rings. The summed E-state index contributed by atoms with van der Waals surface area (Å²) >= 11 is 0. The summed E-state index contributed by atoms with van der Waals surface area (Å²) < 4.78 is 6.03. The molecule has 2 nitrogen and oxygen atoms in total. The second-order valence-corrected chi connectivity index (χ2v) is 4.61. The normalized spacial score (nSPS) is 23.8. The molecule has 0 N–H and O–H groups in total. The molecule has 92 valence electrons. The predicted octanol–water partition coefficient (Wildman–Crippen LogP) is 3.53. The highest BCUT2D eigenvalue weighted by Gasteiger charge is 2.17. The molecule has 0 radical (unpaired) electrons. The molecule has 1 aliphatic rings.